The Bertz CT molecular complexity index is 211. The molecule has 0 amide bonds. The fourth-order valence-electron chi connectivity index (χ4n) is 2.68. The van der Waals surface area contributed by atoms with Crippen LogP contribution in [-0.4, -0.2) is 25.8 Å². The van der Waals surface area contributed by atoms with Gasteiger partial charge in [-0.25, -0.2) is 0 Å². The third-order valence-electron chi connectivity index (χ3n) is 4.29. The maximum atomic E-state index is 5.70. The zero-order valence-electron chi connectivity index (χ0n) is 12.9. The lowest BCUT2D eigenvalue weighted by Gasteiger charge is -2.29. The van der Waals surface area contributed by atoms with Crippen LogP contribution in [0.1, 0.15) is 66.2 Å². The van der Waals surface area contributed by atoms with Gasteiger partial charge in [0.15, 0.2) is 0 Å². The van der Waals surface area contributed by atoms with Crippen LogP contribution in [-0.2, 0) is 4.74 Å². The van der Waals surface area contributed by atoms with E-state index in [9.17, 15) is 0 Å². The number of ether oxygens (including phenoxy) is 1. The highest BCUT2D eigenvalue weighted by molar-refractivity contribution is 4.77. The normalized spacial score (nSPS) is 23.5. The van der Waals surface area contributed by atoms with Crippen molar-refractivity contribution in [2.45, 2.75) is 72.3 Å². The number of hydrogen-bond donors (Lipinski definition) is 1. The van der Waals surface area contributed by atoms with E-state index in [1.807, 2.05) is 0 Å². The van der Waals surface area contributed by atoms with E-state index in [-0.39, 0.29) is 0 Å². The van der Waals surface area contributed by atoms with Gasteiger partial charge in [0.25, 0.3) is 0 Å². The van der Waals surface area contributed by atoms with Gasteiger partial charge in [0.05, 0.1) is 6.10 Å². The Kier molecular flexibility index (Phi) is 7.25. The van der Waals surface area contributed by atoms with Crippen LogP contribution in [0.15, 0.2) is 0 Å². The van der Waals surface area contributed by atoms with Gasteiger partial charge in [0.2, 0.25) is 0 Å². The molecule has 0 aromatic rings. The van der Waals surface area contributed by atoms with Crippen molar-refractivity contribution in [3.63, 3.8) is 0 Å². The fourth-order valence-corrected chi connectivity index (χ4v) is 2.68. The molecule has 2 unspecified atom stereocenters. The second-order valence-electron chi connectivity index (χ2n) is 6.72. The molecule has 1 saturated heterocycles. The van der Waals surface area contributed by atoms with Gasteiger partial charge in [-0.1, -0.05) is 34.1 Å². The molecule has 1 heterocycles. The predicted molar refractivity (Wildman–Crippen MR) is 78.9 cm³/mol. The van der Waals surface area contributed by atoms with Crippen molar-refractivity contribution < 1.29 is 4.74 Å². The summed E-state index contributed by atoms with van der Waals surface area (Å²) in [6.45, 7) is 12.6. The molecule has 2 atom stereocenters. The van der Waals surface area contributed by atoms with E-state index in [0.29, 0.717) is 11.5 Å². The van der Waals surface area contributed by atoms with Crippen LogP contribution in [0, 0.1) is 11.3 Å². The van der Waals surface area contributed by atoms with Crippen molar-refractivity contribution >= 4 is 0 Å². The Labute approximate surface area is 114 Å². The van der Waals surface area contributed by atoms with Gasteiger partial charge in [0.1, 0.15) is 0 Å². The van der Waals surface area contributed by atoms with E-state index >= 15 is 0 Å². The van der Waals surface area contributed by atoms with Crippen molar-refractivity contribution in [3.05, 3.63) is 0 Å². The minimum Gasteiger partial charge on any atom is -0.378 e. The van der Waals surface area contributed by atoms with Crippen molar-refractivity contribution in [1.29, 1.82) is 0 Å². The summed E-state index contributed by atoms with van der Waals surface area (Å²) in [7, 11) is 0. The second-order valence-corrected chi connectivity index (χ2v) is 6.72. The molecule has 0 aromatic carbocycles. The van der Waals surface area contributed by atoms with Crippen LogP contribution in [0.2, 0.25) is 0 Å². The molecule has 0 radical (unpaired) electrons. The molecule has 18 heavy (non-hydrogen) atoms. The molecule has 2 heteroatoms. The summed E-state index contributed by atoms with van der Waals surface area (Å²) in [5.41, 5.74) is 0.466. The first-order valence-electron chi connectivity index (χ1n) is 7.88. The monoisotopic (exact) mass is 255 g/mol. The predicted octanol–water partition coefficient (Wildman–Crippen LogP) is 4.00. The Balaban J connectivity index is 2.16. The third-order valence-corrected chi connectivity index (χ3v) is 4.29. The molecule has 1 aliphatic heterocycles. The number of rotatable bonds is 9. The lowest BCUT2D eigenvalue weighted by Crippen LogP contribution is -2.33. The van der Waals surface area contributed by atoms with Crippen LogP contribution in [0.25, 0.3) is 0 Å². The largest absolute Gasteiger partial charge is 0.378 e. The van der Waals surface area contributed by atoms with E-state index < -0.39 is 0 Å². The van der Waals surface area contributed by atoms with E-state index in [1.54, 1.807) is 0 Å². The van der Waals surface area contributed by atoms with Gasteiger partial charge in [0, 0.05) is 13.2 Å². The molecule has 0 spiro atoms. The van der Waals surface area contributed by atoms with Crippen LogP contribution in [0.3, 0.4) is 0 Å². The van der Waals surface area contributed by atoms with E-state index in [1.165, 1.54) is 38.5 Å². The van der Waals surface area contributed by atoms with Gasteiger partial charge in [-0.15, -0.1) is 0 Å². The fraction of sp³-hybridized carbons (Fsp3) is 1.00. The summed E-state index contributed by atoms with van der Waals surface area (Å²) in [5, 5.41) is 3.62. The molecule has 1 rings (SSSR count). The zero-order chi connectivity index (χ0) is 13.4. The third kappa shape index (κ3) is 6.19. The first-order valence-corrected chi connectivity index (χ1v) is 7.88. The summed E-state index contributed by atoms with van der Waals surface area (Å²) in [6, 6.07) is 0. The van der Waals surface area contributed by atoms with Crippen molar-refractivity contribution in [1.82, 2.24) is 5.32 Å². The number of hydrogen-bond acceptors (Lipinski definition) is 2. The van der Waals surface area contributed by atoms with Gasteiger partial charge in [-0.2, -0.15) is 0 Å². The molecule has 1 aliphatic rings. The SMILES string of the molecule is CCC(C)(CCCC1CCCO1)CNCC(C)C. The summed E-state index contributed by atoms with van der Waals surface area (Å²) >= 11 is 0. The molecule has 2 nitrogen and oxygen atoms in total. The average molecular weight is 255 g/mol. The molecule has 0 bridgehead atoms. The minimum absolute atomic E-state index is 0.466. The minimum atomic E-state index is 0.466. The van der Waals surface area contributed by atoms with Gasteiger partial charge in [-0.05, 0) is 50.0 Å². The van der Waals surface area contributed by atoms with E-state index in [2.05, 4.69) is 33.0 Å². The molecule has 0 aliphatic carbocycles. The van der Waals surface area contributed by atoms with Gasteiger partial charge >= 0.3 is 0 Å². The maximum absolute atomic E-state index is 5.70. The van der Waals surface area contributed by atoms with Crippen LogP contribution < -0.4 is 5.32 Å². The summed E-state index contributed by atoms with van der Waals surface area (Å²) in [6.07, 6.45) is 8.30. The Morgan fingerprint density at radius 1 is 1.39 bits per heavy atom. The first-order chi connectivity index (χ1) is 8.56. The van der Waals surface area contributed by atoms with E-state index in [0.717, 1.165) is 25.6 Å². The highest BCUT2D eigenvalue weighted by Crippen LogP contribution is 2.29. The Morgan fingerprint density at radius 2 is 2.17 bits per heavy atom. The van der Waals surface area contributed by atoms with Crippen LogP contribution >= 0.6 is 0 Å². The Morgan fingerprint density at radius 3 is 2.72 bits per heavy atom. The summed E-state index contributed by atoms with van der Waals surface area (Å²) in [5.74, 6) is 0.748. The molecule has 0 aromatic heterocycles. The first kappa shape index (κ1) is 16.0. The van der Waals surface area contributed by atoms with Crippen LogP contribution in [0.5, 0.6) is 0 Å². The van der Waals surface area contributed by atoms with Gasteiger partial charge < -0.3 is 10.1 Å². The maximum Gasteiger partial charge on any atom is 0.0576 e. The van der Waals surface area contributed by atoms with Crippen molar-refractivity contribution in [2.75, 3.05) is 19.7 Å². The molecule has 108 valence electrons. The topological polar surface area (TPSA) is 21.3 Å². The average Bonchev–Trinajstić information content (AvgIpc) is 2.81. The molecular formula is C16H33NO. The molecule has 1 fully saturated rings. The van der Waals surface area contributed by atoms with E-state index in [4.69, 9.17) is 4.74 Å². The van der Waals surface area contributed by atoms with Gasteiger partial charge in [-0.3, -0.25) is 0 Å². The zero-order valence-corrected chi connectivity index (χ0v) is 12.9. The Hall–Kier alpha value is -0.0800. The molecular weight excluding hydrogens is 222 g/mol. The quantitative estimate of drug-likeness (QED) is 0.672. The lowest BCUT2D eigenvalue weighted by atomic mass is 9.81. The van der Waals surface area contributed by atoms with Crippen LogP contribution in [0.4, 0.5) is 0 Å². The molecule has 0 saturated carbocycles. The lowest BCUT2D eigenvalue weighted by molar-refractivity contribution is 0.0976. The number of nitrogens with one attached hydrogen (secondary N) is 1. The smallest absolute Gasteiger partial charge is 0.0576 e. The standard InChI is InChI=1S/C16H33NO/c1-5-16(4,13-17-12-14(2)3)10-6-8-15-9-7-11-18-15/h14-15,17H,5-13H2,1-4H3. The second kappa shape index (κ2) is 8.16. The summed E-state index contributed by atoms with van der Waals surface area (Å²) in [4.78, 5) is 0. The van der Waals surface area contributed by atoms with Crippen molar-refractivity contribution in [2.24, 2.45) is 11.3 Å². The summed E-state index contributed by atoms with van der Waals surface area (Å²) < 4.78 is 5.70. The highest BCUT2D eigenvalue weighted by Gasteiger charge is 2.23. The van der Waals surface area contributed by atoms with Crippen molar-refractivity contribution in [3.8, 4) is 0 Å². The molecule has 1 N–H and O–H groups in total. The highest BCUT2D eigenvalue weighted by atomic mass is 16.5.